The molecule has 49 heavy (non-hydrogen) atoms. The molecule has 0 fully saturated rings. The number of allylic oxidation sites excluding steroid dienone is 4. The maximum atomic E-state index is 10.5. The maximum Gasteiger partial charge on any atom is 0.0998 e. The lowest BCUT2D eigenvalue weighted by Crippen LogP contribution is -2.03. The first-order valence-corrected chi connectivity index (χ1v) is 16.5. The summed E-state index contributed by atoms with van der Waals surface area (Å²) in [6.45, 7) is 4.17. The number of hydrogen-bond acceptors (Lipinski definition) is 2. The Morgan fingerprint density at radius 3 is 2.06 bits per heavy atom. The van der Waals surface area contributed by atoms with Crippen LogP contribution in [-0.2, 0) is 6.42 Å². The molecule has 0 bridgehead atoms. The highest BCUT2D eigenvalue weighted by atomic mass is 15.0. The van der Waals surface area contributed by atoms with Crippen LogP contribution in [-0.4, -0.2) is 9.13 Å². The van der Waals surface area contributed by atoms with E-state index in [4.69, 9.17) is 0 Å². The van der Waals surface area contributed by atoms with Gasteiger partial charge in [-0.05, 0) is 61.9 Å². The standard InChI is InChI=1S/C45H32N4/c1-3-13-35-30(2)48(40-19-10-7-15-36(35)40)43-21-12-9-17-39(43)45-33(29-47)23-22-32(28-46)44(45)31-24-26-34(27-25-31)49-41-18-6-4-5-14-37(41)38-16-8-11-20-42(38)49/h3-17,19-27H,18H2,1-2H3/b13-3-. The van der Waals surface area contributed by atoms with Crippen LogP contribution < -0.4 is 0 Å². The minimum absolute atomic E-state index is 0.522. The van der Waals surface area contributed by atoms with Gasteiger partial charge in [0.1, 0.15) is 0 Å². The summed E-state index contributed by atoms with van der Waals surface area (Å²) in [7, 11) is 0. The summed E-state index contributed by atoms with van der Waals surface area (Å²) in [5, 5.41) is 23.4. The SMILES string of the molecule is C/C=C\c1c(C)n(-c2ccccc2-c2c(C#N)ccc(C#N)c2-c2ccc(-n3c4c(c5ccccc53)C=CC=CC4)cc2)c2ccccc12. The third-order valence-corrected chi connectivity index (χ3v) is 9.61. The highest BCUT2D eigenvalue weighted by molar-refractivity contribution is 5.98. The number of hydrogen-bond donors (Lipinski definition) is 0. The number of aromatic nitrogens is 2. The van der Waals surface area contributed by atoms with Crippen molar-refractivity contribution in [2.24, 2.45) is 0 Å². The summed E-state index contributed by atoms with van der Waals surface area (Å²) in [4.78, 5) is 0. The van der Waals surface area contributed by atoms with Crippen molar-refractivity contribution >= 4 is 34.0 Å². The van der Waals surface area contributed by atoms with Crippen molar-refractivity contribution in [1.29, 1.82) is 10.5 Å². The molecule has 4 nitrogen and oxygen atoms in total. The molecule has 1 aliphatic carbocycles. The summed E-state index contributed by atoms with van der Waals surface area (Å²) in [5.41, 5.74) is 13.3. The molecule has 2 heterocycles. The van der Waals surface area contributed by atoms with Gasteiger partial charge in [-0.1, -0.05) is 103 Å². The van der Waals surface area contributed by atoms with Gasteiger partial charge in [-0.15, -0.1) is 0 Å². The fraction of sp³-hybridized carbons (Fsp3) is 0.0667. The molecule has 4 heteroatoms. The highest BCUT2D eigenvalue weighted by Gasteiger charge is 2.23. The van der Waals surface area contributed by atoms with Crippen molar-refractivity contribution in [3.8, 4) is 45.8 Å². The molecule has 5 aromatic carbocycles. The van der Waals surface area contributed by atoms with Crippen molar-refractivity contribution in [1.82, 2.24) is 9.13 Å². The Balaban J connectivity index is 1.35. The first kappa shape index (κ1) is 29.8. The van der Waals surface area contributed by atoms with Gasteiger partial charge in [-0.25, -0.2) is 0 Å². The Hall–Kier alpha value is -6.62. The van der Waals surface area contributed by atoms with E-state index in [1.807, 2.05) is 19.1 Å². The van der Waals surface area contributed by atoms with Gasteiger partial charge in [0.15, 0.2) is 0 Å². The molecular weight excluding hydrogens is 597 g/mol. The monoisotopic (exact) mass is 628 g/mol. The molecule has 0 radical (unpaired) electrons. The van der Waals surface area contributed by atoms with E-state index < -0.39 is 0 Å². The number of fused-ring (bicyclic) bond motifs is 4. The van der Waals surface area contributed by atoms with Crippen molar-refractivity contribution < 1.29 is 0 Å². The lowest BCUT2D eigenvalue weighted by molar-refractivity contribution is 1.00. The predicted molar refractivity (Wildman–Crippen MR) is 202 cm³/mol. The molecule has 0 unspecified atom stereocenters. The second kappa shape index (κ2) is 12.2. The van der Waals surface area contributed by atoms with E-state index >= 15 is 0 Å². The zero-order valence-corrected chi connectivity index (χ0v) is 27.4. The quantitative estimate of drug-likeness (QED) is 0.190. The average Bonchev–Trinajstić information content (AvgIpc) is 3.47. The van der Waals surface area contributed by atoms with E-state index in [0.717, 1.165) is 67.7 Å². The van der Waals surface area contributed by atoms with E-state index in [0.29, 0.717) is 11.1 Å². The maximum absolute atomic E-state index is 10.5. The Bertz CT molecular complexity index is 2610. The van der Waals surface area contributed by atoms with E-state index in [-0.39, 0.29) is 0 Å². The van der Waals surface area contributed by atoms with Crippen LogP contribution in [0.3, 0.4) is 0 Å². The summed E-state index contributed by atoms with van der Waals surface area (Å²) >= 11 is 0. The van der Waals surface area contributed by atoms with Gasteiger partial charge in [0.25, 0.3) is 0 Å². The molecular formula is C45H32N4. The van der Waals surface area contributed by atoms with Crippen LogP contribution in [0.15, 0.2) is 133 Å². The van der Waals surface area contributed by atoms with Crippen LogP contribution in [0.1, 0.15) is 40.6 Å². The zero-order valence-electron chi connectivity index (χ0n) is 27.4. The van der Waals surface area contributed by atoms with Crippen molar-refractivity contribution in [2.75, 3.05) is 0 Å². The summed E-state index contributed by atoms with van der Waals surface area (Å²) < 4.78 is 4.61. The van der Waals surface area contributed by atoms with E-state index in [9.17, 15) is 10.5 Å². The number of benzene rings is 5. The minimum atomic E-state index is 0.522. The van der Waals surface area contributed by atoms with Crippen LogP contribution in [0.25, 0.3) is 67.6 Å². The van der Waals surface area contributed by atoms with Gasteiger partial charge in [-0.2, -0.15) is 10.5 Å². The normalized spacial score (nSPS) is 12.3. The molecule has 232 valence electrons. The average molecular weight is 629 g/mol. The van der Waals surface area contributed by atoms with E-state index in [2.05, 4.69) is 150 Å². The molecule has 0 spiro atoms. The second-order valence-electron chi connectivity index (χ2n) is 12.3. The molecule has 1 aliphatic rings. The third kappa shape index (κ3) is 4.74. The lowest BCUT2D eigenvalue weighted by atomic mass is 9.86. The summed E-state index contributed by atoms with van der Waals surface area (Å²) in [5.74, 6) is 0. The van der Waals surface area contributed by atoms with Gasteiger partial charge in [0, 0.05) is 62.1 Å². The highest BCUT2D eigenvalue weighted by Crippen LogP contribution is 2.42. The number of para-hydroxylation sites is 3. The molecule has 0 saturated heterocycles. The summed E-state index contributed by atoms with van der Waals surface area (Å²) in [6, 6.07) is 42.0. The molecule has 0 atom stereocenters. The van der Waals surface area contributed by atoms with Gasteiger partial charge in [0.05, 0.1) is 40.0 Å². The predicted octanol–water partition coefficient (Wildman–Crippen LogP) is 11.1. The van der Waals surface area contributed by atoms with Gasteiger partial charge < -0.3 is 9.13 Å². The Morgan fingerprint density at radius 2 is 1.33 bits per heavy atom. The van der Waals surface area contributed by atoms with Gasteiger partial charge in [-0.3, -0.25) is 0 Å². The molecule has 8 rings (SSSR count). The molecule has 0 amide bonds. The number of nitriles is 2. The van der Waals surface area contributed by atoms with Crippen LogP contribution >= 0.6 is 0 Å². The molecule has 0 saturated carbocycles. The number of rotatable bonds is 5. The molecule has 0 N–H and O–H groups in total. The molecule has 0 aliphatic heterocycles. The first-order valence-electron chi connectivity index (χ1n) is 16.5. The van der Waals surface area contributed by atoms with Crippen molar-refractivity contribution in [3.05, 3.63) is 167 Å². The van der Waals surface area contributed by atoms with Crippen molar-refractivity contribution in [3.63, 3.8) is 0 Å². The molecule has 2 aromatic heterocycles. The third-order valence-electron chi connectivity index (χ3n) is 9.61. The summed E-state index contributed by atoms with van der Waals surface area (Å²) in [6.07, 6.45) is 13.6. The largest absolute Gasteiger partial charge is 0.313 e. The fourth-order valence-corrected chi connectivity index (χ4v) is 7.52. The van der Waals surface area contributed by atoms with Crippen LogP contribution in [0.4, 0.5) is 0 Å². The number of nitrogens with zero attached hydrogens (tertiary/aromatic N) is 4. The topological polar surface area (TPSA) is 57.4 Å². The first-order chi connectivity index (χ1) is 24.1. The second-order valence-corrected chi connectivity index (χ2v) is 12.3. The minimum Gasteiger partial charge on any atom is -0.313 e. The van der Waals surface area contributed by atoms with Crippen LogP contribution in [0.5, 0.6) is 0 Å². The molecule has 7 aromatic rings. The van der Waals surface area contributed by atoms with E-state index in [1.165, 1.54) is 16.6 Å². The zero-order chi connectivity index (χ0) is 33.5. The Kier molecular flexibility index (Phi) is 7.41. The van der Waals surface area contributed by atoms with E-state index in [1.54, 1.807) is 12.1 Å². The smallest absolute Gasteiger partial charge is 0.0998 e. The van der Waals surface area contributed by atoms with Gasteiger partial charge >= 0.3 is 0 Å². The Morgan fingerprint density at radius 1 is 0.673 bits per heavy atom. The van der Waals surface area contributed by atoms with Crippen LogP contribution in [0.2, 0.25) is 0 Å². The fourth-order valence-electron chi connectivity index (χ4n) is 7.52. The Labute approximate surface area is 286 Å². The van der Waals surface area contributed by atoms with Crippen LogP contribution in [0, 0.1) is 29.6 Å². The van der Waals surface area contributed by atoms with Gasteiger partial charge in [0.2, 0.25) is 0 Å². The lowest BCUT2D eigenvalue weighted by Gasteiger charge is -2.20. The van der Waals surface area contributed by atoms with Crippen molar-refractivity contribution in [2.45, 2.75) is 20.3 Å².